The van der Waals surface area contributed by atoms with E-state index in [0.717, 1.165) is 18.4 Å². The predicted molar refractivity (Wildman–Crippen MR) is 126 cm³/mol. The standard InChI is InChI=1S/C24H26ClN5O4/c25-17-7-4-8-18(20(17)22(33)26-13-24(14-31)9-10-24)34-12-16-11-19(32)30-23(27-16)28-21(29-30)15-5-2-1-3-6-15/h1-7,11,18,23,27,31H,8-10,12-14H2,(H,26,33)(H,28,29). The van der Waals surface area contributed by atoms with Crippen LogP contribution in [0.25, 0.3) is 0 Å². The largest absolute Gasteiger partial charge is 0.396 e. The number of nitrogens with one attached hydrogen (secondary N) is 3. The number of aliphatic hydroxyl groups excluding tert-OH is 1. The van der Waals surface area contributed by atoms with E-state index in [1.54, 1.807) is 6.08 Å². The summed E-state index contributed by atoms with van der Waals surface area (Å²) in [6, 6.07) is 9.55. The number of amidine groups is 1. The van der Waals surface area contributed by atoms with Gasteiger partial charge in [-0.15, -0.1) is 0 Å². The van der Waals surface area contributed by atoms with Gasteiger partial charge in [0.2, 0.25) is 6.29 Å². The number of amides is 2. The van der Waals surface area contributed by atoms with Crippen molar-refractivity contribution in [2.75, 3.05) is 19.8 Å². The zero-order valence-corrected chi connectivity index (χ0v) is 19.2. The van der Waals surface area contributed by atoms with Crippen molar-refractivity contribution in [2.45, 2.75) is 31.7 Å². The number of hydrazine groups is 1. The van der Waals surface area contributed by atoms with Crippen LogP contribution in [0.4, 0.5) is 0 Å². The number of allylic oxidation sites excluding steroid dienone is 2. The highest BCUT2D eigenvalue weighted by Crippen LogP contribution is 2.44. The predicted octanol–water partition coefficient (Wildman–Crippen LogP) is 1.28. The molecular formula is C24H26ClN5O4. The molecule has 2 heterocycles. The molecule has 1 aromatic rings. The van der Waals surface area contributed by atoms with Gasteiger partial charge in [-0.2, -0.15) is 0 Å². The molecule has 0 spiro atoms. The molecular weight excluding hydrogens is 458 g/mol. The number of hydrogen-bond acceptors (Lipinski definition) is 7. The third kappa shape index (κ3) is 4.59. The fourth-order valence-electron chi connectivity index (χ4n) is 4.08. The van der Waals surface area contributed by atoms with Crippen LogP contribution in [-0.4, -0.2) is 59.9 Å². The summed E-state index contributed by atoms with van der Waals surface area (Å²) in [6.45, 7) is 0.543. The Morgan fingerprint density at radius 1 is 1.32 bits per heavy atom. The van der Waals surface area contributed by atoms with Crippen molar-refractivity contribution in [3.8, 4) is 0 Å². The van der Waals surface area contributed by atoms with Crippen LogP contribution in [0, 0.1) is 5.41 Å². The first kappa shape index (κ1) is 22.6. The fraction of sp³-hybridized carbons (Fsp3) is 0.375. The molecule has 2 aliphatic heterocycles. The van der Waals surface area contributed by atoms with Crippen LogP contribution in [0.1, 0.15) is 24.8 Å². The molecule has 4 N–H and O–H groups in total. The summed E-state index contributed by atoms with van der Waals surface area (Å²) in [5.41, 5.74) is 4.62. The molecule has 34 heavy (non-hydrogen) atoms. The van der Waals surface area contributed by atoms with E-state index >= 15 is 0 Å². The number of rotatable bonds is 8. The van der Waals surface area contributed by atoms with Gasteiger partial charge in [0.15, 0.2) is 5.84 Å². The molecule has 2 aliphatic carbocycles. The fourth-order valence-corrected chi connectivity index (χ4v) is 4.38. The number of carbonyl (C=O) groups excluding carboxylic acids is 2. The lowest BCUT2D eigenvalue weighted by Crippen LogP contribution is -2.53. The summed E-state index contributed by atoms with van der Waals surface area (Å²) < 4.78 is 6.03. The molecule has 1 aromatic carbocycles. The van der Waals surface area contributed by atoms with Crippen LogP contribution < -0.4 is 16.1 Å². The van der Waals surface area contributed by atoms with Gasteiger partial charge in [0.1, 0.15) is 0 Å². The van der Waals surface area contributed by atoms with Crippen molar-refractivity contribution >= 4 is 29.3 Å². The first-order chi connectivity index (χ1) is 16.5. The summed E-state index contributed by atoms with van der Waals surface area (Å²) in [7, 11) is 0. The lowest BCUT2D eigenvalue weighted by atomic mass is 10.00. The maximum atomic E-state index is 12.9. The van der Waals surface area contributed by atoms with Gasteiger partial charge < -0.3 is 20.5 Å². The molecule has 0 saturated heterocycles. The Morgan fingerprint density at radius 3 is 2.85 bits per heavy atom. The normalized spacial score (nSPS) is 24.6. The maximum Gasteiger partial charge on any atom is 0.270 e. The summed E-state index contributed by atoms with van der Waals surface area (Å²) in [5, 5.41) is 17.3. The van der Waals surface area contributed by atoms with E-state index in [2.05, 4.69) is 21.1 Å². The lowest BCUT2D eigenvalue weighted by Gasteiger charge is -2.30. The number of halogens is 1. The van der Waals surface area contributed by atoms with Crippen LogP contribution in [-0.2, 0) is 14.3 Å². The number of aliphatic imine (C=N–C) groups is 1. The molecule has 1 fully saturated rings. The van der Waals surface area contributed by atoms with Gasteiger partial charge in [-0.05, 0) is 25.3 Å². The molecule has 1 saturated carbocycles. The zero-order valence-electron chi connectivity index (χ0n) is 18.5. The summed E-state index contributed by atoms with van der Waals surface area (Å²) in [6.07, 6.45) is 6.13. The van der Waals surface area contributed by atoms with E-state index in [4.69, 9.17) is 16.3 Å². The first-order valence-corrected chi connectivity index (χ1v) is 11.6. The van der Waals surface area contributed by atoms with Crippen molar-refractivity contribution < 1.29 is 19.4 Å². The van der Waals surface area contributed by atoms with Gasteiger partial charge in [0.05, 0.1) is 29.9 Å². The van der Waals surface area contributed by atoms with E-state index in [1.807, 2.05) is 36.4 Å². The highest BCUT2D eigenvalue weighted by Gasteiger charge is 2.42. The molecule has 2 amide bonds. The zero-order chi connectivity index (χ0) is 23.7. The Balaban J connectivity index is 1.22. The Morgan fingerprint density at radius 2 is 2.12 bits per heavy atom. The van der Waals surface area contributed by atoms with Crippen molar-refractivity contribution in [1.29, 1.82) is 0 Å². The van der Waals surface area contributed by atoms with Gasteiger partial charge >= 0.3 is 0 Å². The minimum absolute atomic E-state index is 0.0508. The van der Waals surface area contributed by atoms with Crippen LogP contribution in [0.5, 0.6) is 0 Å². The van der Waals surface area contributed by atoms with E-state index in [9.17, 15) is 14.7 Å². The highest BCUT2D eigenvalue weighted by atomic mass is 35.5. The smallest absolute Gasteiger partial charge is 0.270 e. The van der Waals surface area contributed by atoms with E-state index in [-0.39, 0.29) is 30.4 Å². The first-order valence-electron chi connectivity index (χ1n) is 11.3. The van der Waals surface area contributed by atoms with E-state index in [0.29, 0.717) is 35.1 Å². The second-order valence-corrected chi connectivity index (χ2v) is 9.30. The van der Waals surface area contributed by atoms with Crippen LogP contribution in [0.15, 0.2) is 69.9 Å². The Labute approximate surface area is 202 Å². The van der Waals surface area contributed by atoms with Crippen molar-refractivity contribution in [3.05, 3.63) is 70.4 Å². The number of carbonyl (C=O) groups is 2. The van der Waals surface area contributed by atoms with Crippen LogP contribution in [0.2, 0.25) is 0 Å². The molecule has 0 bridgehead atoms. The molecule has 2 unspecified atom stereocenters. The van der Waals surface area contributed by atoms with Crippen LogP contribution in [0.3, 0.4) is 0 Å². The topological polar surface area (TPSA) is 115 Å². The Kier molecular flexibility index (Phi) is 6.16. The van der Waals surface area contributed by atoms with Gasteiger partial charge in [-0.1, -0.05) is 48.0 Å². The minimum atomic E-state index is -0.590. The summed E-state index contributed by atoms with van der Waals surface area (Å²) in [4.78, 5) is 30.1. The molecule has 4 aliphatic rings. The van der Waals surface area contributed by atoms with Crippen molar-refractivity contribution in [3.63, 3.8) is 0 Å². The third-order valence-electron chi connectivity index (χ3n) is 6.41. The summed E-state index contributed by atoms with van der Waals surface area (Å²) >= 11 is 6.35. The van der Waals surface area contributed by atoms with Gasteiger partial charge in [0, 0.05) is 29.3 Å². The molecule has 2 atom stereocenters. The van der Waals surface area contributed by atoms with Gasteiger partial charge in [0.25, 0.3) is 11.8 Å². The number of benzene rings is 1. The van der Waals surface area contributed by atoms with Crippen molar-refractivity contribution in [2.24, 2.45) is 10.4 Å². The SMILES string of the molecule is O=C(NCC1(CO)CC1)C1=C(Cl)C=CCC1OCC1=CC(=O)N2NC(c3ccccc3)=NC2N1. The highest BCUT2D eigenvalue weighted by molar-refractivity contribution is 6.33. The van der Waals surface area contributed by atoms with E-state index in [1.165, 1.54) is 11.1 Å². The second kappa shape index (κ2) is 9.25. The Hall–Kier alpha value is -3.14. The van der Waals surface area contributed by atoms with Crippen LogP contribution >= 0.6 is 11.6 Å². The molecule has 9 nitrogen and oxygen atoms in total. The molecule has 10 heteroatoms. The number of nitrogens with zero attached hydrogens (tertiary/aromatic N) is 2. The number of ether oxygens (including phenoxy) is 1. The average molecular weight is 484 g/mol. The lowest BCUT2D eigenvalue weighted by molar-refractivity contribution is -0.131. The van der Waals surface area contributed by atoms with Gasteiger partial charge in [-0.3, -0.25) is 15.0 Å². The number of hydrogen-bond donors (Lipinski definition) is 4. The maximum absolute atomic E-state index is 12.9. The number of fused-ring (bicyclic) bond motifs is 1. The summed E-state index contributed by atoms with van der Waals surface area (Å²) in [5.74, 6) is 0.0549. The number of aliphatic hydroxyl groups is 1. The minimum Gasteiger partial charge on any atom is -0.396 e. The second-order valence-electron chi connectivity index (χ2n) is 8.89. The quantitative estimate of drug-likeness (QED) is 0.443. The molecule has 178 valence electrons. The third-order valence-corrected chi connectivity index (χ3v) is 6.74. The monoisotopic (exact) mass is 483 g/mol. The molecule has 0 radical (unpaired) electrons. The van der Waals surface area contributed by atoms with Gasteiger partial charge in [-0.25, -0.2) is 10.0 Å². The molecule has 5 rings (SSSR count). The van der Waals surface area contributed by atoms with E-state index < -0.39 is 12.4 Å². The molecule has 0 aromatic heterocycles. The average Bonchev–Trinajstić information content (AvgIpc) is 3.51. The van der Waals surface area contributed by atoms with Crippen molar-refractivity contribution in [1.82, 2.24) is 21.1 Å². The Bertz CT molecular complexity index is 1110.